The number of sulfonamides is 1. The Labute approximate surface area is 151 Å². The zero-order valence-electron chi connectivity index (χ0n) is 15.0. The Bertz CT molecular complexity index is 841. The molecule has 0 radical (unpaired) electrons. The van der Waals surface area contributed by atoms with Gasteiger partial charge in [0.25, 0.3) is 0 Å². The SMILES string of the molecule is Cc1ccc(S(=O)(=O)N2[C@H](C)C=C[C@@H](C)[C@@H]2Cc2ccccc2)cc1. The number of hydrogen-bond acceptors (Lipinski definition) is 2. The van der Waals surface area contributed by atoms with Crippen LogP contribution in [0.3, 0.4) is 0 Å². The van der Waals surface area contributed by atoms with Gasteiger partial charge in [-0.2, -0.15) is 4.31 Å². The summed E-state index contributed by atoms with van der Waals surface area (Å²) in [5.41, 5.74) is 2.21. The maximum absolute atomic E-state index is 13.3. The van der Waals surface area contributed by atoms with Crippen LogP contribution in [-0.2, 0) is 16.4 Å². The molecule has 0 spiro atoms. The first-order valence-electron chi connectivity index (χ1n) is 8.72. The highest BCUT2D eigenvalue weighted by Gasteiger charge is 2.38. The molecule has 0 N–H and O–H groups in total. The highest BCUT2D eigenvalue weighted by molar-refractivity contribution is 7.89. The van der Waals surface area contributed by atoms with Gasteiger partial charge in [-0.25, -0.2) is 8.42 Å². The number of benzene rings is 2. The minimum Gasteiger partial charge on any atom is -0.207 e. The highest BCUT2D eigenvalue weighted by atomic mass is 32.2. The predicted octanol–water partition coefficient (Wildman–Crippen LogP) is 4.19. The molecule has 1 aliphatic heterocycles. The van der Waals surface area contributed by atoms with Crippen molar-refractivity contribution >= 4 is 10.0 Å². The smallest absolute Gasteiger partial charge is 0.207 e. The summed E-state index contributed by atoms with van der Waals surface area (Å²) in [6, 6.07) is 17.0. The molecule has 2 aromatic rings. The molecule has 0 aliphatic carbocycles. The maximum atomic E-state index is 13.3. The molecule has 0 bridgehead atoms. The molecular formula is C21H25NO2S. The number of nitrogens with zero attached hydrogens (tertiary/aromatic N) is 1. The fourth-order valence-corrected chi connectivity index (χ4v) is 5.30. The predicted molar refractivity (Wildman–Crippen MR) is 102 cm³/mol. The Morgan fingerprint density at radius 3 is 2.20 bits per heavy atom. The van der Waals surface area contributed by atoms with Crippen molar-refractivity contribution in [3.63, 3.8) is 0 Å². The van der Waals surface area contributed by atoms with Gasteiger partial charge in [0, 0.05) is 12.1 Å². The molecule has 3 atom stereocenters. The zero-order valence-corrected chi connectivity index (χ0v) is 15.8. The standard InChI is InChI=1S/C21H25NO2S/c1-16-9-13-20(14-10-16)25(23,24)22-18(3)12-11-17(2)21(22)15-19-7-5-4-6-8-19/h4-14,17-18,21H,15H2,1-3H3/t17-,18-,21+/m1/s1. The molecular weight excluding hydrogens is 330 g/mol. The van der Waals surface area contributed by atoms with E-state index in [-0.39, 0.29) is 18.0 Å². The second-order valence-corrected chi connectivity index (χ2v) is 8.73. The third-order valence-corrected chi connectivity index (χ3v) is 6.94. The summed E-state index contributed by atoms with van der Waals surface area (Å²) in [5.74, 6) is 0.164. The lowest BCUT2D eigenvalue weighted by molar-refractivity contribution is 0.232. The van der Waals surface area contributed by atoms with Crippen molar-refractivity contribution in [2.45, 2.75) is 44.2 Å². The van der Waals surface area contributed by atoms with E-state index in [0.717, 1.165) is 11.1 Å². The largest absolute Gasteiger partial charge is 0.243 e. The topological polar surface area (TPSA) is 37.4 Å². The lowest BCUT2D eigenvalue weighted by atomic mass is 9.90. The summed E-state index contributed by atoms with van der Waals surface area (Å²) in [7, 11) is -3.55. The first-order valence-corrected chi connectivity index (χ1v) is 10.2. The minimum atomic E-state index is -3.55. The lowest BCUT2D eigenvalue weighted by Gasteiger charge is -2.40. The monoisotopic (exact) mass is 355 g/mol. The van der Waals surface area contributed by atoms with Crippen LogP contribution in [0.4, 0.5) is 0 Å². The summed E-state index contributed by atoms with van der Waals surface area (Å²) in [4.78, 5) is 0.366. The number of aryl methyl sites for hydroxylation is 1. The van der Waals surface area contributed by atoms with E-state index >= 15 is 0 Å². The van der Waals surface area contributed by atoms with Gasteiger partial charge in [0.1, 0.15) is 0 Å². The summed E-state index contributed by atoms with van der Waals surface area (Å²) in [5, 5.41) is 0. The van der Waals surface area contributed by atoms with Gasteiger partial charge < -0.3 is 0 Å². The average Bonchev–Trinajstić information content (AvgIpc) is 2.59. The van der Waals surface area contributed by atoms with Crippen molar-refractivity contribution in [1.82, 2.24) is 4.31 Å². The van der Waals surface area contributed by atoms with Crippen LogP contribution in [0, 0.1) is 12.8 Å². The van der Waals surface area contributed by atoms with Crippen molar-refractivity contribution in [2.75, 3.05) is 0 Å². The van der Waals surface area contributed by atoms with Gasteiger partial charge in [-0.05, 0) is 43.9 Å². The third-order valence-electron chi connectivity index (χ3n) is 4.91. The third kappa shape index (κ3) is 3.70. The van der Waals surface area contributed by atoms with Crippen LogP contribution < -0.4 is 0 Å². The van der Waals surface area contributed by atoms with Crippen molar-refractivity contribution in [3.8, 4) is 0 Å². The molecule has 1 heterocycles. The molecule has 2 aromatic carbocycles. The van der Waals surface area contributed by atoms with Gasteiger partial charge in [-0.3, -0.25) is 0 Å². The quantitative estimate of drug-likeness (QED) is 0.771. The molecule has 0 aromatic heterocycles. The van der Waals surface area contributed by atoms with Gasteiger partial charge in [0.2, 0.25) is 10.0 Å². The summed E-state index contributed by atoms with van der Waals surface area (Å²) >= 11 is 0. The van der Waals surface area contributed by atoms with Crippen molar-refractivity contribution in [1.29, 1.82) is 0 Å². The van der Waals surface area contributed by atoms with Crippen LogP contribution in [0.2, 0.25) is 0 Å². The van der Waals surface area contributed by atoms with Gasteiger partial charge in [0.05, 0.1) is 4.90 Å². The van der Waals surface area contributed by atoms with Gasteiger partial charge in [0.15, 0.2) is 0 Å². The van der Waals surface area contributed by atoms with E-state index < -0.39 is 10.0 Å². The molecule has 0 fully saturated rings. The average molecular weight is 356 g/mol. The van der Waals surface area contributed by atoms with E-state index in [1.54, 1.807) is 16.4 Å². The first-order chi connectivity index (χ1) is 11.9. The van der Waals surface area contributed by atoms with E-state index in [1.165, 1.54) is 0 Å². The van der Waals surface area contributed by atoms with Gasteiger partial charge in [-0.15, -0.1) is 0 Å². The molecule has 3 rings (SSSR count). The Kier molecular flexibility index (Phi) is 5.11. The van der Waals surface area contributed by atoms with Crippen LogP contribution >= 0.6 is 0 Å². The van der Waals surface area contributed by atoms with Crippen LogP contribution in [0.25, 0.3) is 0 Å². The van der Waals surface area contributed by atoms with Crippen molar-refractivity contribution in [3.05, 3.63) is 77.9 Å². The summed E-state index contributed by atoms with van der Waals surface area (Å²) in [6.45, 7) is 6.00. The van der Waals surface area contributed by atoms with E-state index in [1.807, 2.05) is 50.3 Å². The van der Waals surface area contributed by atoms with Crippen LogP contribution in [0.15, 0.2) is 71.6 Å². The molecule has 3 nitrogen and oxygen atoms in total. The molecule has 1 aliphatic rings. The minimum absolute atomic E-state index is 0.0892. The van der Waals surface area contributed by atoms with Crippen LogP contribution in [-0.4, -0.2) is 24.8 Å². The molecule has 25 heavy (non-hydrogen) atoms. The summed E-state index contributed by atoms with van der Waals surface area (Å²) in [6.07, 6.45) is 4.85. The molecule has 0 amide bonds. The maximum Gasteiger partial charge on any atom is 0.243 e. The zero-order chi connectivity index (χ0) is 18.0. The second kappa shape index (κ2) is 7.14. The Morgan fingerprint density at radius 2 is 1.56 bits per heavy atom. The van der Waals surface area contributed by atoms with Crippen molar-refractivity contribution < 1.29 is 8.42 Å². The van der Waals surface area contributed by atoms with Gasteiger partial charge in [-0.1, -0.05) is 67.1 Å². The van der Waals surface area contributed by atoms with E-state index in [0.29, 0.717) is 11.3 Å². The number of rotatable bonds is 4. The van der Waals surface area contributed by atoms with Gasteiger partial charge >= 0.3 is 0 Å². The normalized spacial score (nSPS) is 24.4. The van der Waals surface area contributed by atoms with Crippen molar-refractivity contribution in [2.24, 2.45) is 5.92 Å². The second-order valence-electron chi connectivity index (χ2n) is 6.89. The molecule has 0 saturated heterocycles. The fraction of sp³-hybridized carbons (Fsp3) is 0.333. The Balaban J connectivity index is 2.00. The molecule has 4 heteroatoms. The molecule has 0 unspecified atom stereocenters. The Morgan fingerprint density at radius 1 is 0.920 bits per heavy atom. The number of hydrogen-bond donors (Lipinski definition) is 0. The Hall–Kier alpha value is -1.91. The fourth-order valence-electron chi connectivity index (χ4n) is 3.44. The summed E-state index contributed by atoms with van der Waals surface area (Å²) < 4.78 is 28.4. The van der Waals surface area contributed by atoms with E-state index in [4.69, 9.17) is 0 Å². The first kappa shape index (κ1) is 17.9. The lowest BCUT2D eigenvalue weighted by Crippen LogP contribution is -2.51. The van der Waals surface area contributed by atoms with E-state index in [2.05, 4.69) is 25.1 Å². The molecule has 0 saturated carbocycles. The highest BCUT2D eigenvalue weighted by Crippen LogP contribution is 2.31. The van der Waals surface area contributed by atoms with Crippen LogP contribution in [0.5, 0.6) is 0 Å². The van der Waals surface area contributed by atoms with E-state index in [9.17, 15) is 8.42 Å². The van der Waals surface area contributed by atoms with Crippen LogP contribution in [0.1, 0.15) is 25.0 Å². The molecule has 132 valence electrons.